The summed E-state index contributed by atoms with van der Waals surface area (Å²) in [5.41, 5.74) is 1.99. The molecule has 0 aliphatic carbocycles. The summed E-state index contributed by atoms with van der Waals surface area (Å²) in [6.07, 6.45) is 1.68. The van der Waals surface area contributed by atoms with Crippen molar-refractivity contribution in [2.45, 2.75) is 12.5 Å². The quantitative estimate of drug-likeness (QED) is 0.769. The highest BCUT2D eigenvalue weighted by atomic mass is 16.5. The van der Waals surface area contributed by atoms with Crippen molar-refractivity contribution in [2.24, 2.45) is 0 Å². The number of benzene rings is 2. The first-order valence-corrected chi connectivity index (χ1v) is 8.42. The van der Waals surface area contributed by atoms with Gasteiger partial charge in [0.15, 0.2) is 0 Å². The lowest BCUT2D eigenvalue weighted by molar-refractivity contribution is -0.117. The highest BCUT2D eigenvalue weighted by molar-refractivity contribution is 5.96. The zero-order valence-electron chi connectivity index (χ0n) is 14.4. The van der Waals surface area contributed by atoms with Crippen molar-refractivity contribution in [3.05, 3.63) is 71.9 Å². The minimum absolute atomic E-state index is 0.0913. The molecule has 2 heterocycles. The van der Waals surface area contributed by atoms with Gasteiger partial charge in [-0.25, -0.2) is 4.68 Å². The first-order valence-electron chi connectivity index (χ1n) is 8.42. The summed E-state index contributed by atoms with van der Waals surface area (Å²) in [6, 6.07) is 17.2. The molecule has 0 spiro atoms. The van der Waals surface area contributed by atoms with Gasteiger partial charge in [-0.3, -0.25) is 4.79 Å². The Balaban J connectivity index is 1.48. The van der Waals surface area contributed by atoms with Gasteiger partial charge in [-0.1, -0.05) is 30.3 Å². The molecule has 1 aliphatic heterocycles. The molecule has 1 aliphatic rings. The molecular formula is C20H19N3O3. The van der Waals surface area contributed by atoms with E-state index < -0.39 is 0 Å². The first-order chi connectivity index (χ1) is 12.7. The number of nitrogens with zero attached hydrogens (tertiary/aromatic N) is 2. The number of para-hydroxylation sites is 1. The molecule has 1 unspecified atom stereocenters. The highest BCUT2D eigenvalue weighted by Crippen LogP contribution is 2.34. The van der Waals surface area contributed by atoms with Crippen molar-refractivity contribution in [3.63, 3.8) is 0 Å². The Morgan fingerprint density at radius 3 is 2.85 bits per heavy atom. The number of carbonyl (C=O) groups is 1. The molecule has 6 nitrogen and oxygen atoms in total. The fourth-order valence-electron chi connectivity index (χ4n) is 3.06. The number of hydrogen-bond donors (Lipinski definition) is 1. The van der Waals surface area contributed by atoms with Crippen molar-refractivity contribution < 1.29 is 14.3 Å². The van der Waals surface area contributed by atoms with Crippen LogP contribution in [-0.2, 0) is 11.3 Å². The van der Waals surface area contributed by atoms with Crippen molar-refractivity contribution in [1.82, 2.24) is 9.78 Å². The minimum atomic E-state index is -0.310. The monoisotopic (exact) mass is 349 g/mol. The molecule has 2 aromatic carbocycles. The lowest BCUT2D eigenvalue weighted by atomic mass is 10.0. The van der Waals surface area contributed by atoms with Gasteiger partial charge in [-0.05, 0) is 23.8 Å². The Hall–Kier alpha value is -3.28. The topological polar surface area (TPSA) is 65.4 Å². The van der Waals surface area contributed by atoms with E-state index in [1.807, 2.05) is 48.5 Å². The highest BCUT2D eigenvalue weighted by Gasteiger charge is 2.30. The van der Waals surface area contributed by atoms with Crippen LogP contribution in [0.4, 0.5) is 5.82 Å². The smallest absolute Gasteiger partial charge is 0.236 e. The molecule has 1 amide bonds. The molecule has 0 saturated carbocycles. The number of nitrogens with one attached hydrogen (secondary N) is 1. The van der Waals surface area contributed by atoms with Crippen LogP contribution in [0.5, 0.6) is 11.5 Å². The Bertz CT molecular complexity index is 918. The summed E-state index contributed by atoms with van der Waals surface area (Å²) >= 11 is 0. The minimum Gasteiger partial charge on any atom is -0.497 e. The number of methoxy groups -OCH3 is 1. The van der Waals surface area contributed by atoms with Crippen LogP contribution in [0, 0.1) is 0 Å². The second kappa shape index (κ2) is 6.92. The summed E-state index contributed by atoms with van der Waals surface area (Å²) in [4.78, 5) is 12.7. The molecule has 1 atom stereocenters. The number of anilines is 1. The predicted molar refractivity (Wildman–Crippen MR) is 97.6 cm³/mol. The number of amides is 1. The van der Waals surface area contributed by atoms with E-state index in [1.54, 1.807) is 24.1 Å². The average Bonchev–Trinajstić information content (AvgIpc) is 3.29. The van der Waals surface area contributed by atoms with Crippen molar-refractivity contribution >= 4 is 11.7 Å². The van der Waals surface area contributed by atoms with Gasteiger partial charge in [0.05, 0.1) is 19.9 Å². The average molecular weight is 349 g/mol. The molecule has 0 fully saturated rings. The number of carbonyl (C=O) groups excluding carboxylic acids is 1. The summed E-state index contributed by atoms with van der Waals surface area (Å²) in [5, 5.41) is 7.29. The van der Waals surface area contributed by atoms with Crippen LogP contribution in [-0.4, -0.2) is 29.4 Å². The SMILES string of the molecule is COc1ccc(Cn2nccc2NC(=O)C2COc3ccccc32)cc1. The van der Waals surface area contributed by atoms with Crippen LogP contribution < -0.4 is 14.8 Å². The Kier molecular flexibility index (Phi) is 4.31. The summed E-state index contributed by atoms with van der Waals surface area (Å²) < 4.78 is 12.5. The largest absolute Gasteiger partial charge is 0.497 e. The van der Waals surface area contributed by atoms with Gasteiger partial charge >= 0.3 is 0 Å². The Morgan fingerprint density at radius 2 is 2.04 bits per heavy atom. The molecule has 1 N–H and O–H groups in total. The molecule has 0 saturated heterocycles. The molecule has 26 heavy (non-hydrogen) atoms. The number of fused-ring (bicyclic) bond motifs is 1. The Morgan fingerprint density at radius 1 is 1.23 bits per heavy atom. The molecule has 3 aromatic rings. The molecule has 1 aromatic heterocycles. The maximum Gasteiger partial charge on any atom is 0.236 e. The van der Waals surface area contributed by atoms with Gasteiger partial charge < -0.3 is 14.8 Å². The van der Waals surface area contributed by atoms with Gasteiger partial charge in [0.25, 0.3) is 0 Å². The van der Waals surface area contributed by atoms with Crippen LogP contribution >= 0.6 is 0 Å². The second-order valence-corrected chi connectivity index (χ2v) is 6.11. The van der Waals surface area contributed by atoms with E-state index in [4.69, 9.17) is 9.47 Å². The molecule has 132 valence electrons. The van der Waals surface area contributed by atoms with Gasteiger partial charge in [0.1, 0.15) is 29.8 Å². The van der Waals surface area contributed by atoms with E-state index in [9.17, 15) is 4.79 Å². The van der Waals surface area contributed by atoms with Gasteiger partial charge in [0, 0.05) is 11.6 Å². The van der Waals surface area contributed by atoms with Crippen molar-refractivity contribution in [1.29, 1.82) is 0 Å². The fraction of sp³-hybridized carbons (Fsp3) is 0.200. The fourth-order valence-corrected chi connectivity index (χ4v) is 3.06. The molecule has 4 rings (SSSR count). The number of aromatic nitrogens is 2. The standard InChI is InChI=1S/C20H19N3O3/c1-25-15-8-6-14(7-9-15)12-23-19(10-11-21-23)22-20(24)17-13-26-18-5-3-2-4-16(17)18/h2-11,17H,12-13H2,1H3,(H,22,24). The summed E-state index contributed by atoms with van der Waals surface area (Å²) in [6.45, 7) is 0.919. The van der Waals surface area contributed by atoms with Crippen LogP contribution in [0.2, 0.25) is 0 Å². The zero-order valence-corrected chi connectivity index (χ0v) is 14.4. The predicted octanol–water partition coefficient (Wildman–Crippen LogP) is 3.05. The van der Waals surface area contributed by atoms with E-state index in [0.717, 1.165) is 22.6 Å². The number of rotatable bonds is 5. The van der Waals surface area contributed by atoms with E-state index in [2.05, 4.69) is 10.4 Å². The third-order valence-corrected chi connectivity index (χ3v) is 4.48. The van der Waals surface area contributed by atoms with Crippen LogP contribution in [0.3, 0.4) is 0 Å². The van der Waals surface area contributed by atoms with Crippen molar-refractivity contribution in [2.75, 3.05) is 19.0 Å². The van der Waals surface area contributed by atoms with Crippen molar-refractivity contribution in [3.8, 4) is 11.5 Å². The summed E-state index contributed by atoms with van der Waals surface area (Å²) in [7, 11) is 1.64. The van der Waals surface area contributed by atoms with E-state index in [-0.39, 0.29) is 11.8 Å². The maximum atomic E-state index is 12.7. The molecular weight excluding hydrogens is 330 g/mol. The lowest BCUT2D eigenvalue weighted by Crippen LogP contribution is -2.24. The second-order valence-electron chi connectivity index (χ2n) is 6.11. The van der Waals surface area contributed by atoms with Gasteiger partial charge in [0.2, 0.25) is 5.91 Å². The Labute approximate surface area is 151 Å². The van der Waals surface area contributed by atoms with Crippen LogP contribution in [0.1, 0.15) is 17.0 Å². The van der Waals surface area contributed by atoms with E-state index in [1.165, 1.54) is 0 Å². The van der Waals surface area contributed by atoms with Crippen LogP contribution in [0.15, 0.2) is 60.8 Å². The zero-order chi connectivity index (χ0) is 17.9. The maximum absolute atomic E-state index is 12.7. The first kappa shape index (κ1) is 16.2. The number of ether oxygens (including phenoxy) is 2. The van der Waals surface area contributed by atoms with Gasteiger partial charge in [-0.15, -0.1) is 0 Å². The third-order valence-electron chi connectivity index (χ3n) is 4.48. The molecule has 0 radical (unpaired) electrons. The normalized spacial score (nSPS) is 15.2. The lowest BCUT2D eigenvalue weighted by Gasteiger charge is -2.12. The number of hydrogen-bond acceptors (Lipinski definition) is 4. The molecule has 6 heteroatoms. The van der Waals surface area contributed by atoms with Crippen LogP contribution in [0.25, 0.3) is 0 Å². The van der Waals surface area contributed by atoms with Gasteiger partial charge in [-0.2, -0.15) is 5.10 Å². The summed E-state index contributed by atoms with van der Waals surface area (Å²) in [5.74, 6) is 1.85. The van der Waals surface area contributed by atoms with E-state index >= 15 is 0 Å². The van der Waals surface area contributed by atoms with E-state index in [0.29, 0.717) is 19.0 Å². The third kappa shape index (κ3) is 3.13. The molecule has 0 bridgehead atoms.